The smallest absolute Gasteiger partial charge is 0.293 e. The summed E-state index contributed by atoms with van der Waals surface area (Å²) in [6, 6.07) is 17.6. The second kappa shape index (κ2) is 7.89. The fourth-order valence-corrected chi connectivity index (χ4v) is 3.91. The fourth-order valence-electron chi connectivity index (χ4n) is 3.06. The number of benzene rings is 3. The quantitative estimate of drug-likeness (QED) is 0.611. The number of carbonyl (C=O) groups is 2. The van der Waals surface area contributed by atoms with Crippen molar-refractivity contribution in [1.82, 2.24) is 4.90 Å². The Hall–Kier alpha value is -3.45. The summed E-state index contributed by atoms with van der Waals surface area (Å²) >= 11 is 0.808. The van der Waals surface area contributed by atoms with Crippen molar-refractivity contribution in [1.29, 1.82) is 0 Å². The van der Waals surface area contributed by atoms with E-state index < -0.39 is 5.91 Å². The van der Waals surface area contributed by atoms with E-state index in [1.165, 1.54) is 24.3 Å². The van der Waals surface area contributed by atoms with Crippen LogP contribution < -0.4 is 4.74 Å². The largest absolute Gasteiger partial charge is 0.508 e. The van der Waals surface area contributed by atoms with Crippen LogP contribution in [0.2, 0.25) is 0 Å². The van der Waals surface area contributed by atoms with Gasteiger partial charge in [-0.2, -0.15) is 0 Å². The van der Waals surface area contributed by atoms with Gasteiger partial charge in [-0.3, -0.25) is 14.5 Å². The minimum absolute atomic E-state index is 0.0849. The van der Waals surface area contributed by atoms with Crippen LogP contribution in [0.1, 0.15) is 5.56 Å². The number of phenolic OH excluding ortho intramolecular Hbond substituents is 2. The van der Waals surface area contributed by atoms with Crippen LogP contribution in [0.4, 0.5) is 4.79 Å². The average molecular weight is 407 g/mol. The maximum atomic E-state index is 12.6. The molecule has 1 fully saturated rings. The van der Waals surface area contributed by atoms with Crippen molar-refractivity contribution in [2.24, 2.45) is 0 Å². The first-order valence-corrected chi connectivity index (χ1v) is 9.72. The van der Waals surface area contributed by atoms with Gasteiger partial charge in [0.2, 0.25) is 0 Å². The number of ether oxygens (including phenoxy) is 1. The number of aromatic hydroxyl groups is 2. The summed E-state index contributed by atoms with van der Waals surface area (Å²) in [5, 5.41) is 20.9. The van der Waals surface area contributed by atoms with Gasteiger partial charge >= 0.3 is 0 Å². The van der Waals surface area contributed by atoms with Gasteiger partial charge in [-0.05, 0) is 41.4 Å². The first-order valence-electron chi connectivity index (χ1n) is 8.91. The Labute approximate surface area is 171 Å². The van der Waals surface area contributed by atoms with Crippen molar-refractivity contribution in [3.63, 3.8) is 0 Å². The van der Waals surface area contributed by atoms with Gasteiger partial charge in [0.05, 0.1) is 11.4 Å². The van der Waals surface area contributed by atoms with Gasteiger partial charge < -0.3 is 14.9 Å². The van der Waals surface area contributed by atoms with E-state index in [9.17, 15) is 19.8 Å². The Kier molecular flexibility index (Phi) is 5.14. The maximum Gasteiger partial charge on any atom is 0.293 e. The number of thioether (sulfide) groups is 1. The molecule has 0 aliphatic carbocycles. The Morgan fingerprint density at radius 1 is 1.00 bits per heavy atom. The predicted molar refractivity (Wildman–Crippen MR) is 112 cm³/mol. The lowest BCUT2D eigenvalue weighted by atomic mass is 10.1. The average Bonchev–Trinajstić information content (AvgIpc) is 2.97. The second-order valence-electron chi connectivity index (χ2n) is 6.40. The summed E-state index contributed by atoms with van der Waals surface area (Å²) in [7, 11) is 0. The number of hydrogen-bond acceptors (Lipinski definition) is 6. The zero-order valence-corrected chi connectivity index (χ0v) is 16.1. The molecule has 1 aliphatic heterocycles. The number of imide groups is 1. The van der Waals surface area contributed by atoms with E-state index in [0.717, 1.165) is 27.4 Å². The molecule has 7 heteroatoms. The van der Waals surface area contributed by atoms with E-state index in [1.54, 1.807) is 0 Å². The van der Waals surface area contributed by atoms with Gasteiger partial charge in [-0.1, -0.05) is 36.4 Å². The molecule has 0 aromatic heterocycles. The molecule has 2 N–H and O–H groups in total. The van der Waals surface area contributed by atoms with E-state index >= 15 is 0 Å². The number of nitrogens with zero attached hydrogens (tertiary/aromatic N) is 1. The number of carbonyl (C=O) groups excluding carboxylic acids is 2. The zero-order chi connectivity index (χ0) is 20.4. The highest BCUT2D eigenvalue weighted by Crippen LogP contribution is 2.34. The molecule has 2 amide bonds. The van der Waals surface area contributed by atoms with Gasteiger partial charge in [0, 0.05) is 17.0 Å². The fraction of sp³-hybridized carbons (Fsp3) is 0.0909. The molecule has 1 saturated heterocycles. The van der Waals surface area contributed by atoms with Gasteiger partial charge in [-0.25, -0.2) is 0 Å². The van der Waals surface area contributed by atoms with Crippen molar-refractivity contribution < 1.29 is 24.5 Å². The first kappa shape index (κ1) is 18.9. The molecule has 1 heterocycles. The molecular weight excluding hydrogens is 390 g/mol. The lowest BCUT2D eigenvalue weighted by Gasteiger charge is -2.14. The standard InChI is InChI=1S/C22H17NO5S/c24-16-9-8-15(18(25)13-16)12-20-21(26)23(22(27)29-20)10-11-28-19-7-3-5-14-4-1-2-6-17(14)19/h1-9,12-13,24-25H,10-11H2/b20-12-. The Morgan fingerprint density at radius 3 is 2.62 bits per heavy atom. The third kappa shape index (κ3) is 3.90. The number of hydrogen-bond donors (Lipinski definition) is 2. The number of rotatable bonds is 5. The highest BCUT2D eigenvalue weighted by atomic mass is 32.2. The van der Waals surface area contributed by atoms with E-state index in [2.05, 4.69) is 0 Å². The van der Waals surface area contributed by atoms with Crippen LogP contribution in [0.25, 0.3) is 16.8 Å². The minimum Gasteiger partial charge on any atom is -0.508 e. The van der Waals surface area contributed by atoms with Crippen molar-refractivity contribution in [3.05, 3.63) is 71.1 Å². The molecule has 1 aliphatic rings. The molecule has 3 aromatic rings. The highest BCUT2D eigenvalue weighted by molar-refractivity contribution is 8.18. The molecule has 0 spiro atoms. The molecule has 0 unspecified atom stereocenters. The molecule has 29 heavy (non-hydrogen) atoms. The molecule has 146 valence electrons. The van der Waals surface area contributed by atoms with Crippen LogP contribution in [0, 0.1) is 0 Å². The summed E-state index contributed by atoms with van der Waals surface area (Å²) in [5.74, 6) is 0.00282. The van der Waals surface area contributed by atoms with E-state index in [1.807, 2.05) is 42.5 Å². The third-order valence-corrected chi connectivity index (χ3v) is 5.40. The second-order valence-corrected chi connectivity index (χ2v) is 7.40. The normalized spacial score (nSPS) is 15.4. The zero-order valence-electron chi connectivity index (χ0n) is 15.2. The van der Waals surface area contributed by atoms with Crippen LogP contribution in [0.3, 0.4) is 0 Å². The molecule has 0 bridgehead atoms. The molecule has 3 aromatic carbocycles. The Bertz CT molecular complexity index is 1140. The van der Waals surface area contributed by atoms with Crippen LogP contribution in [-0.4, -0.2) is 39.4 Å². The lowest BCUT2D eigenvalue weighted by molar-refractivity contribution is -0.123. The maximum absolute atomic E-state index is 12.6. The molecule has 0 saturated carbocycles. The summed E-state index contributed by atoms with van der Waals surface area (Å²) in [6.45, 7) is 0.288. The molecular formula is C22H17NO5S. The van der Waals surface area contributed by atoms with Gasteiger partial charge in [0.15, 0.2) is 0 Å². The molecule has 6 nitrogen and oxygen atoms in total. The third-order valence-electron chi connectivity index (χ3n) is 4.50. The Morgan fingerprint density at radius 2 is 1.79 bits per heavy atom. The van der Waals surface area contributed by atoms with Crippen LogP contribution >= 0.6 is 11.8 Å². The monoisotopic (exact) mass is 407 g/mol. The summed E-state index contributed by atoms with van der Waals surface area (Å²) in [4.78, 5) is 26.2. The van der Waals surface area contributed by atoms with Gasteiger partial charge in [-0.15, -0.1) is 0 Å². The minimum atomic E-state index is -0.436. The van der Waals surface area contributed by atoms with E-state index in [4.69, 9.17) is 4.74 Å². The first-order chi connectivity index (χ1) is 14.0. The highest BCUT2D eigenvalue weighted by Gasteiger charge is 2.35. The molecule has 0 radical (unpaired) electrons. The topological polar surface area (TPSA) is 87.1 Å². The SMILES string of the molecule is O=C1S/C(=C\c2ccc(O)cc2O)C(=O)N1CCOc1cccc2ccccc12. The summed E-state index contributed by atoms with van der Waals surface area (Å²) in [6.07, 6.45) is 1.44. The van der Waals surface area contributed by atoms with Crippen molar-refractivity contribution in [2.75, 3.05) is 13.2 Å². The van der Waals surface area contributed by atoms with Crippen LogP contribution in [-0.2, 0) is 4.79 Å². The van der Waals surface area contributed by atoms with Crippen LogP contribution in [0.15, 0.2) is 65.6 Å². The molecule has 4 rings (SSSR count). The predicted octanol–water partition coefficient (Wildman–Crippen LogP) is 4.37. The van der Waals surface area contributed by atoms with Crippen molar-refractivity contribution in [2.45, 2.75) is 0 Å². The van der Waals surface area contributed by atoms with Gasteiger partial charge in [0.1, 0.15) is 23.9 Å². The van der Waals surface area contributed by atoms with E-state index in [0.29, 0.717) is 11.3 Å². The summed E-state index contributed by atoms with van der Waals surface area (Å²) < 4.78 is 5.82. The van der Waals surface area contributed by atoms with Crippen molar-refractivity contribution in [3.8, 4) is 17.2 Å². The number of fused-ring (bicyclic) bond motifs is 1. The lowest BCUT2D eigenvalue weighted by Crippen LogP contribution is -2.32. The van der Waals surface area contributed by atoms with Gasteiger partial charge in [0.25, 0.3) is 11.1 Å². The Balaban J connectivity index is 1.45. The van der Waals surface area contributed by atoms with Crippen molar-refractivity contribution >= 4 is 39.8 Å². The van der Waals surface area contributed by atoms with E-state index in [-0.39, 0.29) is 34.8 Å². The van der Waals surface area contributed by atoms with Crippen LogP contribution in [0.5, 0.6) is 17.2 Å². The number of phenols is 2. The molecule has 0 atom stereocenters. The summed E-state index contributed by atoms with van der Waals surface area (Å²) in [5.41, 5.74) is 0.348. The number of amides is 2.